The van der Waals surface area contributed by atoms with Crippen LogP contribution in [0.1, 0.15) is 22.0 Å². The summed E-state index contributed by atoms with van der Waals surface area (Å²) in [7, 11) is 0. The lowest BCUT2D eigenvalue weighted by Gasteiger charge is -2.19. The molecule has 0 aliphatic rings. The van der Waals surface area contributed by atoms with Gasteiger partial charge in [-0.05, 0) is 42.0 Å². The lowest BCUT2D eigenvalue weighted by Crippen LogP contribution is -2.34. The standard InChI is InChI=1S/C15H19N3OS.2ClH/c1-10-6-7-20-15(10)13(18-14(19)9-16)8-11-4-2-3-5-12(11)17;;/h2-7,13H,8-9,16-17H2,1H3,(H,18,19);2*1H. The number of thiophene rings is 1. The van der Waals surface area contributed by atoms with Gasteiger partial charge in [0.2, 0.25) is 5.91 Å². The average Bonchev–Trinajstić information content (AvgIpc) is 2.86. The predicted octanol–water partition coefficient (Wildman–Crippen LogP) is 2.84. The number of aryl methyl sites for hydroxylation is 1. The molecule has 2 rings (SSSR count). The van der Waals surface area contributed by atoms with Crippen molar-refractivity contribution in [3.8, 4) is 0 Å². The monoisotopic (exact) mass is 361 g/mol. The minimum atomic E-state index is -0.155. The van der Waals surface area contributed by atoms with Crippen LogP contribution in [0.25, 0.3) is 0 Å². The van der Waals surface area contributed by atoms with Crippen LogP contribution in [0, 0.1) is 6.92 Å². The maximum Gasteiger partial charge on any atom is 0.234 e. The van der Waals surface area contributed by atoms with E-state index in [4.69, 9.17) is 11.5 Å². The van der Waals surface area contributed by atoms with Crippen LogP contribution in [0.5, 0.6) is 0 Å². The van der Waals surface area contributed by atoms with Crippen LogP contribution in [0.15, 0.2) is 35.7 Å². The predicted molar refractivity (Wildman–Crippen MR) is 98.0 cm³/mol. The van der Waals surface area contributed by atoms with E-state index >= 15 is 0 Å². The van der Waals surface area contributed by atoms with Gasteiger partial charge in [-0.2, -0.15) is 0 Å². The minimum absolute atomic E-state index is 0. The van der Waals surface area contributed by atoms with Crippen LogP contribution in [0.3, 0.4) is 0 Å². The fourth-order valence-electron chi connectivity index (χ4n) is 2.14. The molecule has 1 aromatic heterocycles. The van der Waals surface area contributed by atoms with E-state index in [0.717, 1.165) is 16.1 Å². The van der Waals surface area contributed by atoms with Gasteiger partial charge in [0.15, 0.2) is 0 Å². The van der Waals surface area contributed by atoms with E-state index in [2.05, 4.69) is 11.4 Å². The molecule has 0 fully saturated rings. The highest BCUT2D eigenvalue weighted by Gasteiger charge is 2.18. The van der Waals surface area contributed by atoms with Crippen LogP contribution in [0.4, 0.5) is 5.69 Å². The number of anilines is 1. The number of nitrogen functional groups attached to an aromatic ring is 1. The molecule has 0 bridgehead atoms. The van der Waals surface area contributed by atoms with Crippen molar-refractivity contribution < 1.29 is 4.79 Å². The second-order valence-electron chi connectivity index (χ2n) is 4.70. The van der Waals surface area contributed by atoms with E-state index in [0.29, 0.717) is 6.42 Å². The Morgan fingerprint density at radius 2 is 1.95 bits per heavy atom. The number of para-hydroxylation sites is 1. The third-order valence-corrected chi connectivity index (χ3v) is 4.35. The van der Waals surface area contributed by atoms with Crippen molar-refractivity contribution in [2.75, 3.05) is 12.3 Å². The van der Waals surface area contributed by atoms with Crippen molar-refractivity contribution in [2.45, 2.75) is 19.4 Å². The van der Waals surface area contributed by atoms with Gasteiger partial charge in [-0.15, -0.1) is 36.2 Å². The third kappa shape index (κ3) is 5.18. The Hall–Kier alpha value is -1.27. The molecule has 0 aliphatic heterocycles. The van der Waals surface area contributed by atoms with E-state index in [1.54, 1.807) is 11.3 Å². The smallest absolute Gasteiger partial charge is 0.234 e. The van der Waals surface area contributed by atoms with Gasteiger partial charge in [0.05, 0.1) is 12.6 Å². The van der Waals surface area contributed by atoms with Crippen LogP contribution in [-0.4, -0.2) is 12.5 Å². The van der Waals surface area contributed by atoms with E-state index in [1.807, 2.05) is 36.6 Å². The number of carbonyl (C=O) groups excluding carboxylic acids is 1. The fraction of sp³-hybridized carbons (Fsp3) is 0.267. The Kier molecular flexibility index (Phi) is 9.13. The second kappa shape index (κ2) is 9.69. The molecule has 2 aromatic rings. The van der Waals surface area contributed by atoms with Crippen molar-refractivity contribution in [3.05, 3.63) is 51.7 Å². The largest absolute Gasteiger partial charge is 0.399 e. The highest BCUT2D eigenvalue weighted by molar-refractivity contribution is 7.10. The zero-order valence-corrected chi connectivity index (χ0v) is 14.7. The summed E-state index contributed by atoms with van der Waals surface area (Å²) in [5, 5.41) is 5.00. The Balaban J connectivity index is 0.00000220. The van der Waals surface area contributed by atoms with Crippen LogP contribution in [-0.2, 0) is 11.2 Å². The molecule has 5 N–H and O–H groups in total. The molecule has 0 saturated heterocycles. The zero-order valence-electron chi connectivity index (χ0n) is 12.2. The van der Waals surface area contributed by atoms with E-state index in [-0.39, 0.29) is 43.3 Å². The van der Waals surface area contributed by atoms with Gasteiger partial charge in [-0.1, -0.05) is 18.2 Å². The molecular weight excluding hydrogens is 341 g/mol. The second-order valence-corrected chi connectivity index (χ2v) is 5.64. The van der Waals surface area contributed by atoms with E-state index < -0.39 is 0 Å². The van der Waals surface area contributed by atoms with Crippen LogP contribution < -0.4 is 16.8 Å². The molecule has 0 spiro atoms. The summed E-state index contributed by atoms with van der Waals surface area (Å²) in [6, 6.07) is 9.68. The number of amides is 1. The molecule has 22 heavy (non-hydrogen) atoms. The first kappa shape index (κ1) is 20.7. The van der Waals surface area contributed by atoms with Crippen molar-refractivity contribution in [1.82, 2.24) is 5.32 Å². The summed E-state index contributed by atoms with van der Waals surface area (Å²) in [5.74, 6) is -0.155. The van der Waals surface area contributed by atoms with Crippen molar-refractivity contribution in [1.29, 1.82) is 0 Å². The van der Waals surface area contributed by atoms with Gasteiger partial charge in [0.25, 0.3) is 0 Å². The molecule has 0 aliphatic carbocycles. The number of carbonyl (C=O) groups is 1. The first-order valence-electron chi connectivity index (χ1n) is 6.48. The van der Waals surface area contributed by atoms with E-state index in [9.17, 15) is 4.79 Å². The van der Waals surface area contributed by atoms with E-state index in [1.165, 1.54) is 5.56 Å². The summed E-state index contributed by atoms with van der Waals surface area (Å²) in [6.45, 7) is 2.03. The number of hydrogen-bond donors (Lipinski definition) is 3. The molecule has 7 heteroatoms. The molecule has 122 valence electrons. The Labute approximate surface area is 147 Å². The minimum Gasteiger partial charge on any atom is -0.399 e. The molecule has 1 unspecified atom stereocenters. The highest BCUT2D eigenvalue weighted by atomic mass is 35.5. The fourth-order valence-corrected chi connectivity index (χ4v) is 3.12. The van der Waals surface area contributed by atoms with Crippen LogP contribution in [0.2, 0.25) is 0 Å². The average molecular weight is 362 g/mol. The number of nitrogens with one attached hydrogen (secondary N) is 1. The van der Waals surface area contributed by atoms with Crippen molar-refractivity contribution in [3.63, 3.8) is 0 Å². The van der Waals surface area contributed by atoms with Gasteiger partial charge in [-0.3, -0.25) is 4.79 Å². The summed E-state index contributed by atoms with van der Waals surface area (Å²) >= 11 is 1.64. The maximum atomic E-state index is 11.6. The highest BCUT2D eigenvalue weighted by Crippen LogP contribution is 2.28. The summed E-state index contributed by atoms with van der Waals surface area (Å²) in [4.78, 5) is 12.8. The summed E-state index contributed by atoms with van der Waals surface area (Å²) in [6.07, 6.45) is 0.666. The number of hydrogen-bond acceptors (Lipinski definition) is 4. The van der Waals surface area contributed by atoms with Crippen LogP contribution >= 0.6 is 36.2 Å². The number of rotatable bonds is 5. The Morgan fingerprint density at radius 1 is 1.27 bits per heavy atom. The maximum absolute atomic E-state index is 11.6. The molecule has 1 heterocycles. The lowest BCUT2D eigenvalue weighted by atomic mass is 10.0. The van der Waals surface area contributed by atoms with Crippen molar-refractivity contribution >= 4 is 47.7 Å². The third-order valence-electron chi connectivity index (χ3n) is 3.22. The Bertz CT molecular complexity index is 604. The van der Waals surface area contributed by atoms with Gasteiger partial charge in [0, 0.05) is 10.6 Å². The number of halogens is 2. The Morgan fingerprint density at radius 3 is 2.50 bits per heavy atom. The lowest BCUT2D eigenvalue weighted by molar-refractivity contribution is -0.120. The van der Waals surface area contributed by atoms with Gasteiger partial charge >= 0.3 is 0 Å². The first-order valence-corrected chi connectivity index (χ1v) is 7.36. The first-order chi connectivity index (χ1) is 9.61. The summed E-state index contributed by atoms with van der Waals surface area (Å²) < 4.78 is 0. The summed E-state index contributed by atoms with van der Waals surface area (Å²) in [5.41, 5.74) is 14.3. The topological polar surface area (TPSA) is 81.1 Å². The zero-order chi connectivity index (χ0) is 14.5. The van der Waals surface area contributed by atoms with Gasteiger partial charge < -0.3 is 16.8 Å². The molecule has 0 saturated carbocycles. The molecular formula is C15H21Cl2N3OS. The number of benzene rings is 1. The molecule has 0 radical (unpaired) electrons. The molecule has 1 aromatic carbocycles. The van der Waals surface area contributed by atoms with Gasteiger partial charge in [0.1, 0.15) is 0 Å². The van der Waals surface area contributed by atoms with Gasteiger partial charge in [-0.25, -0.2) is 0 Å². The molecule has 1 amide bonds. The molecule has 4 nitrogen and oxygen atoms in total. The number of nitrogens with two attached hydrogens (primary N) is 2. The SMILES string of the molecule is Cc1ccsc1C(Cc1ccccc1N)NC(=O)CN.Cl.Cl. The normalized spacial score (nSPS) is 11.0. The quantitative estimate of drug-likeness (QED) is 0.716. The molecule has 1 atom stereocenters. The van der Waals surface area contributed by atoms with Crippen molar-refractivity contribution in [2.24, 2.45) is 5.73 Å².